The highest BCUT2D eigenvalue weighted by Crippen LogP contribution is 1.93. The van der Waals surface area contributed by atoms with Gasteiger partial charge in [-0.15, -0.1) is 0 Å². The molecular formula is C6H11NO3. The lowest BCUT2D eigenvalue weighted by Gasteiger charge is -2.05. The van der Waals surface area contributed by atoms with Crippen LogP contribution in [0.2, 0.25) is 0 Å². The topological polar surface area (TPSA) is 57.6 Å². The Labute approximate surface area is 59.4 Å². The number of carbonyl (C=O) groups is 2. The molecule has 0 rings (SSSR count). The molecule has 10 heavy (non-hydrogen) atoms. The van der Waals surface area contributed by atoms with E-state index in [1.165, 1.54) is 14.0 Å². The molecule has 0 bridgehead atoms. The van der Waals surface area contributed by atoms with E-state index < -0.39 is 5.91 Å². The second-order valence-electron chi connectivity index (χ2n) is 2.12. The van der Waals surface area contributed by atoms with E-state index in [1.54, 1.807) is 0 Å². The Bertz CT molecular complexity index is 142. The van der Waals surface area contributed by atoms with Crippen LogP contribution in [0.1, 0.15) is 19.8 Å². The van der Waals surface area contributed by atoms with Crippen molar-refractivity contribution >= 4 is 11.7 Å². The van der Waals surface area contributed by atoms with Gasteiger partial charge in [-0.25, -0.2) is 5.06 Å². The standard InChI is InChI=1S/C6H11NO3/c1-5(8)3-4-6(9)7(2)10/h10H,3-4H2,1-2H3. The van der Waals surface area contributed by atoms with Crippen molar-refractivity contribution in [1.82, 2.24) is 5.06 Å². The summed E-state index contributed by atoms with van der Waals surface area (Å²) in [6.45, 7) is 1.41. The van der Waals surface area contributed by atoms with Crippen LogP contribution < -0.4 is 0 Å². The normalized spacial score (nSPS) is 9.10. The van der Waals surface area contributed by atoms with E-state index >= 15 is 0 Å². The predicted octanol–water partition coefficient (Wildman–Crippen LogP) is 0.203. The van der Waals surface area contributed by atoms with Gasteiger partial charge < -0.3 is 4.79 Å². The van der Waals surface area contributed by atoms with Crippen LogP contribution in [-0.4, -0.2) is 29.0 Å². The summed E-state index contributed by atoms with van der Waals surface area (Å²) in [5.41, 5.74) is 0. The molecule has 4 nitrogen and oxygen atoms in total. The molecule has 4 heteroatoms. The zero-order valence-electron chi connectivity index (χ0n) is 6.13. The van der Waals surface area contributed by atoms with Crippen molar-refractivity contribution in [2.24, 2.45) is 0 Å². The van der Waals surface area contributed by atoms with Crippen molar-refractivity contribution in [2.75, 3.05) is 7.05 Å². The second kappa shape index (κ2) is 4.00. The molecule has 0 aliphatic heterocycles. The minimum Gasteiger partial charge on any atom is -0.300 e. The van der Waals surface area contributed by atoms with Crippen LogP contribution in [0.5, 0.6) is 0 Å². The number of hydroxylamine groups is 2. The van der Waals surface area contributed by atoms with Crippen molar-refractivity contribution in [3.05, 3.63) is 0 Å². The monoisotopic (exact) mass is 145 g/mol. The maximum atomic E-state index is 10.6. The molecule has 58 valence electrons. The first-order valence-electron chi connectivity index (χ1n) is 2.99. The molecule has 0 radical (unpaired) electrons. The van der Waals surface area contributed by atoms with Crippen molar-refractivity contribution in [3.8, 4) is 0 Å². The number of hydrogen-bond donors (Lipinski definition) is 1. The average Bonchev–Trinajstić information content (AvgIpc) is 1.82. The molecule has 0 fully saturated rings. The van der Waals surface area contributed by atoms with Crippen LogP contribution in [0.25, 0.3) is 0 Å². The summed E-state index contributed by atoms with van der Waals surface area (Å²) >= 11 is 0. The van der Waals surface area contributed by atoms with E-state index in [0.29, 0.717) is 5.06 Å². The maximum Gasteiger partial charge on any atom is 0.246 e. The maximum absolute atomic E-state index is 10.6. The molecule has 0 aromatic heterocycles. The van der Waals surface area contributed by atoms with Gasteiger partial charge in [0.05, 0.1) is 0 Å². The summed E-state index contributed by atoms with van der Waals surface area (Å²) in [4.78, 5) is 20.9. The summed E-state index contributed by atoms with van der Waals surface area (Å²) in [5, 5.41) is 9.00. The van der Waals surface area contributed by atoms with Crippen molar-refractivity contribution in [3.63, 3.8) is 0 Å². The van der Waals surface area contributed by atoms with Crippen molar-refractivity contribution < 1.29 is 14.8 Å². The number of rotatable bonds is 3. The third-order valence-electron chi connectivity index (χ3n) is 1.05. The van der Waals surface area contributed by atoms with Gasteiger partial charge in [-0.05, 0) is 6.92 Å². The highest BCUT2D eigenvalue weighted by atomic mass is 16.5. The van der Waals surface area contributed by atoms with Crippen molar-refractivity contribution in [2.45, 2.75) is 19.8 Å². The van der Waals surface area contributed by atoms with E-state index in [-0.39, 0.29) is 18.6 Å². The molecular weight excluding hydrogens is 134 g/mol. The zero-order valence-corrected chi connectivity index (χ0v) is 6.13. The summed E-state index contributed by atoms with van der Waals surface area (Å²) in [6.07, 6.45) is 0.284. The molecule has 1 N–H and O–H groups in total. The highest BCUT2D eigenvalue weighted by molar-refractivity contribution is 5.82. The van der Waals surface area contributed by atoms with E-state index in [2.05, 4.69) is 0 Å². The minimum absolute atomic E-state index is 0.0461. The molecule has 0 aromatic carbocycles. The van der Waals surface area contributed by atoms with E-state index in [0.717, 1.165) is 0 Å². The van der Waals surface area contributed by atoms with Crippen LogP contribution in [0.15, 0.2) is 0 Å². The SMILES string of the molecule is CC(=O)CCC(=O)N(C)O. The molecule has 0 heterocycles. The first-order valence-corrected chi connectivity index (χ1v) is 2.99. The van der Waals surface area contributed by atoms with Crippen LogP contribution in [0, 0.1) is 0 Å². The lowest BCUT2D eigenvalue weighted by molar-refractivity contribution is -0.159. The number of hydrogen-bond acceptors (Lipinski definition) is 3. The summed E-state index contributed by atoms with van der Waals surface area (Å²) in [6, 6.07) is 0. The molecule has 0 spiro atoms. The number of carbonyl (C=O) groups excluding carboxylic acids is 2. The van der Waals surface area contributed by atoms with Gasteiger partial charge in [0.2, 0.25) is 5.91 Å². The van der Waals surface area contributed by atoms with Gasteiger partial charge >= 0.3 is 0 Å². The van der Waals surface area contributed by atoms with Gasteiger partial charge in [0.1, 0.15) is 5.78 Å². The number of Topliss-reactive ketones (excluding diaryl/α,β-unsaturated/α-hetero) is 1. The van der Waals surface area contributed by atoms with Gasteiger partial charge in [0.15, 0.2) is 0 Å². The summed E-state index contributed by atoms with van der Waals surface area (Å²) in [5.74, 6) is -0.481. The van der Waals surface area contributed by atoms with Crippen LogP contribution in [-0.2, 0) is 9.59 Å². The first kappa shape index (κ1) is 9.10. The largest absolute Gasteiger partial charge is 0.300 e. The molecule has 1 amide bonds. The van der Waals surface area contributed by atoms with Crippen molar-refractivity contribution in [1.29, 1.82) is 0 Å². The Hall–Kier alpha value is -0.900. The lowest BCUT2D eigenvalue weighted by Crippen LogP contribution is -2.22. The highest BCUT2D eigenvalue weighted by Gasteiger charge is 2.05. The van der Waals surface area contributed by atoms with E-state index in [4.69, 9.17) is 5.21 Å². The Morgan fingerprint density at radius 3 is 2.20 bits per heavy atom. The molecule has 0 atom stereocenters. The van der Waals surface area contributed by atoms with Crippen LogP contribution >= 0.6 is 0 Å². The second-order valence-corrected chi connectivity index (χ2v) is 2.12. The first-order chi connectivity index (χ1) is 4.54. The Morgan fingerprint density at radius 2 is 1.90 bits per heavy atom. The van der Waals surface area contributed by atoms with Gasteiger partial charge in [-0.2, -0.15) is 0 Å². The lowest BCUT2D eigenvalue weighted by atomic mass is 10.2. The average molecular weight is 145 g/mol. The Kier molecular flexibility index (Phi) is 3.64. The fourth-order valence-electron chi connectivity index (χ4n) is 0.445. The fraction of sp³-hybridized carbons (Fsp3) is 0.667. The third kappa shape index (κ3) is 4.03. The zero-order chi connectivity index (χ0) is 8.15. The third-order valence-corrected chi connectivity index (χ3v) is 1.05. The predicted molar refractivity (Wildman–Crippen MR) is 34.5 cm³/mol. The summed E-state index contributed by atoms with van der Waals surface area (Å²) in [7, 11) is 1.24. The Morgan fingerprint density at radius 1 is 1.40 bits per heavy atom. The molecule has 0 saturated carbocycles. The summed E-state index contributed by atoms with van der Waals surface area (Å²) < 4.78 is 0. The molecule has 0 aliphatic rings. The number of nitrogens with zero attached hydrogens (tertiary/aromatic N) is 1. The number of amides is 1. The molecule has 0 aromatic rings. The van der Waals surface area contributed by atoms with E-state index in [1.807, 2.05) is 0 Å². The molecule has 0 saturated heterocycles. The van der Waals surface area contributed by atoms with Gasteiger partial charge in [-0.1, -0.05) is 0 Å². The smallest absolute Gasteiger partial charge is 0.246 e. The molecule has 0 unspecified atom stereocenters. The van der Waals surface area contributed by atoms with Gasteiger partial charge in [0, 0.05) is 19.9 Å². The minimum atomic E-state index is -0.435. The van der Waals surface area contributed by atoms with Crippen LogP contribution in [0.3, 0.4) is 0 Å². The fourth-order valence-corrected chi connectivity index (χ4v) is 0.445. The number of ketones is 1. The quantitative estimate of drug-likeness (QED) is 0.456. The van der Waals surface area contributed by atoms with Gasteiger partial charge in [-0.3, -0.25) is 10.0 Å². The van der Waals surface area contributed by atoms with Gasteiger partial charge in [0.25, 0.3) is 0 Å². The molecule has 0 aliphatic carbocycles. The Balaban J connectivity index is 3.50. The van der Waals surface area contributed by atoms with E-state index in [9.17, 15) is 9.59 Å². The van der Waals surface area contributed by atoms with Crippen LogP contribution in [0.4, 0.5) is 0 Å².